The van der Waals surface area contributed by atoms with Crippen LogP contribution in [0.15, 0.2) is 61.1 Å². The second-order valence-electron chi connectivity index (χ2n) is 7.41. The molecule has 10 heteroatoms. The second kappa shape index (κ2) is 9.43. The monoisotopic (exact) mass is 449 g/mol. The first-order valence-corrected chi connectivity index (χ1v) is 10.1. The number of nitrogens with zero attached hydrogens (tertiary/aromatic N) is 3. The molecule has 1 aliphatic rings. The summed E-state index contributed by atoms with van der Waals surface area (Å²) in [7, 11) is 0. The molecule has 1 unspecified atom stereocenters. The highest BCUT2D eigenvalue weighted by molar-refractivity contribution is 6.03. The molecule has 0 radical (unpaired) electrons. The summed E-state index contributed by atoms with van der Waals surface area (Å²) in [5.41, 5.74) is 6.65. The van der Waals surface area contributed by atoms with Crippen LogP contribution in [0.5, 0.6) is 0 Å². The van der Waals surface area contributed by atoms with Crippen LogP contribution in [0.1, 0.15) is 23.2 Å². The molecule has 1 aromatic carbocycles. The zero-order valence-corrected chi connectivity index (χ0v) is 17.4. The normalized spacial score (nSPS) is 15.2. The third kappa shape index (κ3) is 5.12. The van der Waals surface area contributed by atoms with Crippen LogP contribution < -0.4 is 16.0 Å². The van der Waals surface area contributed by atoms with E-state index in [1.807, 2.05) is 0 Å². The van der Waals surface area contributed by atoms with Crippen LogP contribution >= 0.6 is 0 Å². The summed E-state index contributed by atoms with van der Waals surface area (Å²) in [6.07, 6.45) is 3.78. The van der Waals surface area contributed by atoms with E-state index >= 15 is 0 Å². The van der Waals surface area contributed by atoms with Crippen LogP contribution in [-0.4, -0.2) is 40.5 Å². The molecule has 0 aliphatic carbocycles. The number of carbonyl (C=O) groups is 3. The van der Waals surface area contributed by atoms with E-state index < -0.39 is 23.9 Å². The lowest BCUT2D eigenvalue weighted by atomic mass is 10.1. The number of hydrogen-bond acceptors (Lipinski definition) is 6. The highest BCUT2D eigenvalue weighted by Gasteiger charge is 2.32. The molecule has 168 valence electrons. The summed E-state index contributed by atoms with van der Waals surface area (Å²) in [5, 5.41) is 2.65. The van der Waals surface area contributed by atoms with Crippen LogP contribution in [0.3, 0.4) is 0 Å². The maximum Gasteiger partial charge on any atom is 0.414 e. The van der Waals surface area contributed by atoms with Crippen LogP contribution in [0.2, 0.25) is 0 Å². The quantitative estimate of drug-likeness (QED) is 0.570. The van der Waals surface area contributed by atoms with Gasteiger partial charge in [0.25, 0.3) is 5.91 Å². The average Bonchev–Trinajstić information content (AvgIpc) is 3.19. The fraction of sp³-hybridized carbons (Fsp3) is 0.174. The highest BCUT2D eigenvalue weighted by Crippen LogP contribution is 2.30. The smallest absolute Gasteiger partial charge is 0.414 e. The summed E-state index contributed by atoms with van der Waals surface area (Å²) in [4.78, 5) is 44.7. The Balaban J connectivity index is 1.44. The lowest BCUT2D eigenvalue weighted by Crippen LogP contribution is -2.25. The third-order valence-electron chi connectivity index (χ3n) is 5.09. The van der Waals surface area contributed by atoms with Crippen molar-refractivity contribution >= 4 is 29.4 Å². The Bertz CT molecular complexity index is 1190. The van der Waals surface area contributed by atoms with Crippen molar-refractivity contribution in [1.29, 1.82) is 0 Å². The van der Waals surface area contributed by atoms with Crippen molar-refractivity contribution in [2.75, 3.05) is 16.8 Å². The minimum absolute atomic E-state index is 0.102. The van der Waals surface area contributed by atoms with E-state index in [1.165, 1.54) is 23.4 Å². The molecule has 33 heavy (non-hydrogen) atoms. The molecular formula is C23H20FN5O4. The first-order chi connectivity index (χ1) is 15.9. The molecule has 0 spiro atoms. The van der Waals surface area contributed by atoms with Gasteiger partial charge in [-0.1, -0.05) is 0 Å². The maximum absolute atomic E-state index is 14.9. The maximum atomic E-state index is 14.9. The van der Waals surface area contributed by atoms with E-state index in [0.717, 1.165) is 0 Å². The van der Waals surface area contributed by atoms with Gasteiger partial charge in [0, 0.05) is 36.1 Å². The van der Waals surface area contributed by atoms with Gasteiger partial charge in [-0.2, -0.15) is 0 Å². The molecule has 1 aliphatic heterocycles. The number of carbonyl (C=O) groups excluding carboxylic acids is 3. The summed E-state index contributed by atoms with van der Waals surface area (Å²) in [6.45, 7) is 0.206. The second-order valence-corrected chi connectivity index (χ2v) is 7.41. The van der Waals surface area contributed by atoms with Crippen molar-refractivity contribution in [3.8, 4) is 11.1 Å². The van der Waals surface area contributed by atoms with Gasteiger partial charge in [0.05, 0.1) is 17.8 Å². The van der Waals surface area contributed by atoms with Gasteiger partial charge in [-0.25, -0.2) is 14.2 Å². The minimum Gasteiger partial charge on any atom is -0.444 e. The molecule has 1 fully saturated rings. The Morgan fingerprint density at radius 1 is 1.21 bits per heavy atom. The van der Waals surface area contributed by atoms with Crippen molar-refractivity contribution in [1.82, 2.24) is 9.97 Å². The number of rotatable bonds is 7. The van der Waals surface area contributed by atoms with E-state index in [4.69, 9.17) is 10.5 Å². The lowest BCUT2D eigenvalue weighted by molar-refractivity contribution is -0.118. The molecular weight excluding hydrogens is 429 g/mol. The summed E-state index contributed by atoms with van der Waals surface area (Å²) in [6, 6.07) is 10.9. The van der Waals surface area contributed by atoms with Crippen molar-refractivity contribution in [2.45, 2.75) is 18.9 Å². The summed E-state index contributed by atoms with van der Waals surface area (Å²) >= 11 is 0. The number of hydrogen-bond donors (Lipinski definition) is 2. The molecule has 3 amide bonds. The number of cyclic esters (lactones) is 1. The van der Waals surface area contributed by atoms with Gasteiger partial charge in [-0.05, 0) is 48.9 Å². The SMILES string of the molecule is NC(=O)CCC1CN(c2ccc(-c3ccc(NC(=O)c4cccnc4)nc3)c(F)c2)C(=O)O1. The van der Waals surface area contributed by atoms with Crippen LogP contribution in [0.25, 0.3) is 11.1 Å². The number of primary amides is 1. The Hall–Kier alpha value is -4.34. The van der Waals surface area contributed by atoms with Gasteiger partial charge in [0.1, 0.15) is 17.7 Å². The summed E-state index contributed by atoms with van der Waals surface area (Å²) in [5.74, 6) is -1.07. The first kappa shape index (κ1) is 21.9. The van der Waals surface area contributed by atoms with Gasteiger partial charge in [0.15, 0.2) is 0 Å². The molecule has 9 nitrogen and oxygen atoms in total. The van der Waals surface area contributed by atoms with Gasteiger partial charge in [0.2, 0.25) is 5.91 Å². The van der Waals surface area contributed by atoms with Crippen molar-refractivity contribution < 1.29 is 23.5 Å². The number of halogens is 1. The predicted molar refractivity (Wildman–Crippen MR) is 118 cm³/mol. The zero-order chi connectivity index (χ0) is 23.4. The van der Waals surface area contributed by atoms with E-state index in [1.54, 1.807) is 42.6 Å². The molecule has 2 aromatic heterocycles. The van der Waals surface area contributed by atoms with Gasteiger partial charge >= 0.3 is 6.09 Å². The van der Waals surface area contributed by atoms with Crippen molar-refractivity contribution in [3.63, 3.8) is 0 Å². The minimum atomic E-state index is -0.605. The average molecular weight is 449 g/mol. The number of amides is 3. The molecule has 1 saturated heterocycles. The van der Waals surface area contributed by atoms with Gasteiger partial charge in [-0.3, -0.25) is 19.5 Å². The van der Waals surface area contributed by atoms with E-state index in [-0.39, 0.29) is 24.4 Å². The molecule has 3 aromatic rings. The van der Waals surface area contributed by atoms with Crippen LogP contribution in [0.4, 0.5) is 20.7 Å². The lowest BCUT2D eigenvalue weighted by Gasteiger charge is -2.14. The Morgan fingerprint density at radius 2 is 2.06 bits per heavy atom. The fourth-order valence-corrected chi connectivity index (χ4v) is 3.40. The Morgan fingerprint density at radius 3 is 2.73 bits per heavy atom. The van der Waals surface area contributed by atoms with E-state index in [9.17, 15) is 18.8 Å². The number of nitrogens with one attached hydrogen (secondary N) is 1. The number of ether oxygens (including phenoxy) is 1. The third-order valence-corrected chi connectivity index (χ3v) is 5.09. The Kier molecular flexibility index (Phi) is 6.25. The molecule has 3 heterocycles. The zero-order valence-electron chi connectivity index (χ0n) is 17.4. The standard InChI is InChI=1S/C23H20FN5O4/c24-19-10-16(29-13-17(33-23(29)32)5-7-20(25)30)4-6-18(19)14-3-8-21(27-12-14)28-22(31)15-2-1-9-26-11-15/h1-4,6,8-12,17H,5,7,13H2,(H2,25,30)(H,27,28,31). The molecule has 0 saturated carbocycles. The predicted octanol–water partition coefficient (Wildman–Crippen LogP) is 3.13. The molecule has 4 rings (SSSR count). The van der Waals surface area contributed by atoms with Crippen molar-refractivity contribution in [3.05, 3.63) is 72.4 Å². The number of pyridine rings is 2. The number of aromatic nitrogens is 2. The van der Waals surface area contributed by atoms with Crippen molar-refractivity contribution in [2.24, 2.45) is 5.73 Å². The number of nitrogens with two attached hydrogens (primary N) is 1. The molecule has 0 bridgehead atoms. The van der Waals surface area contributed by atoms with Crippen LogP contribution in [0, 0.1) is 5.82 Å². The molecule has 3 N–H and O–H groups in total. The fourth-order valence-electron chi connectivity index (χ4n) is 3.40. The van der Waals surface area contributed by atoms with E-state index in [2.05, 4.69) is 15.3 Å². The number of anilines is 2. The van der Waals surface area contributed by atoms with E-state index in [0.29, 0.717) is 29.1 Å². The molecule has 1 atom stereocenters. The largest absolute Gasteiger partial charge is 0.444 e. The van der Waals surface area contributed by atoms with Gasteiger partial charge < -0.3 is 15.8 Å². The summed E-state index contributed by atoms with van der Waals surface area (Å²) < 4.78 is 20.1. The number of benzene rings is 1. The van der Waals surface area contributed by atoms with Crippen LogP contribution in [-0.2, 0) is 9.53 Å². The highest BCUT2D eigenvalue weighted by atomic mass is 19.1. The topological polar surface area (TPSA) is 128 Å². The van der Waals surface area contributed by atoms with Gasteiger partial charge in [-0.15, -0.1) is 0 Å². The first-order valence-electron chi connectivity index (χ1n) is 10.1. The Labute approximate surface area is 188 Å².